The van der Waals surface area contributed by atoms with Crippen LogP contribution in [0.5, 0.6) is 0 Å². The molecule has 2 atom stereocenters. The maximum atomic E-state index is 12.1. The Hall–Kier alpha value is -1.50. The van der Waals surface area contributed by atoms with Gasteiger partial charge < -0.3 is 16.2 Å². The van der Waals surface area contributed by atoms with Crippen LogP contribution >= 0.6 is 12.2 Å². The highest BCUT2D eigenvalue weighted by Gasteiger charge is 2.19. The number of likely N-dealkylation sites (N-methyl/N-ethyl adjacent to an activating group) is 1. The molecule has 0 radical (unpaired) electrons. The Labute approximate surface area is 124 Å². The lowest BCUT2D eigenvalue weighted by molar-refractivity contribution is -0.120. The molecule has 2 unspecified atom stereocenters. The fraction of sp³-hybridized carbons (Fsp3) is 0.429. The van der Waals surface area contributed by atoms with E-state index in [1.54, 1.807) is 50.1 Å². The molecule has 0 bridgehead atoms. The maximum Gasteiger partial charge on any atom is 0.241 e. The highest BCUT2D eigenvalue weighted by atomic mass is 32.1. The Morgan fingerprint density at radius 2 is 1.95 bits per heavy atom. The van der Waals surface area contributed by atoms with Gasteiger partial charge in [-0.1, -0.05) is 12.2 Å². The van der Waals surface area contributed by atoms with Crippen LogP contribution in [-0.2, 0) is 4.79 Å². The van der Waals surface area contributed by atoms with E-state index in [2.05, 4.69) is 5.32 Å². The second kappa shape index (κ2) is 7.33. The zero-order valence-corrected chi connectivity index (χ0v) is 12.8. The summed E-state index contributed by atoms with van der Waals surface area (Å²) in [4.78, 5) is 14.2. The molecule has 1 amide bonds. The molecule has 0 aromatic heterocycles. The SMILES string of the molecule is CC(O)CN(C)C(C)C(=O)Nc1ccc(C(N)=S)cc1. The first-order chi connectivity index (χ1) is 9.31. The summed E-state index contributed by atoms with van der Waals surface area (Å²) in [6.45, 7) is 3.92. The lowest BCUT2D eigenvalue weighted by atomic mass is 10.2. The lowest BCUT2D eigenvalue weighted by Gasteiger charge is -2.24. The number of thiocarbonyl (C=S) groups is 1. The van der Waals surface area contributed by atoms with Crippen molar-refractivity contribution in [1.82, 2.24) is 4.90 Å². The third kappa shape index (κ3) is 4.88. The summed E-state index contributed by atoms with van der Waals surface area (Å²) in [5, 5.41) is 12.1. The molecular weight excluding hydrogens is 274 g/mol. The Kier molecular flexibility index (Phi) is 6.06. The molecule has 0 spiro atoms. The van der Waals surface area contributed by atoms with Gasteiger partial charge >= 0.3 is 0 Å². The molecular formula is C14H21N3O2S. The van der Waals surface area contributed by atoms with Crippen molar-refractivity contribution in [3.8, 4) is 0 Å². The van der Waals surface area contributed by atoms with Crippen LogP contribution in [0.4, 0.5) is 5.69 Å². The number of anilines is 1. The van der Waals surface area contributed by atoms with E-state index < -0.39 is 6.10 Å². The van der Waals surface area contributed by atoms with Crippen molar-refractivity contribution in [3.05, 3.63) is 29.8 Å². The van der Waals surface area contributed by atoms with Gasteiger partial charge in [-0.25, -0.2) is 0 Å². The molecule has 1 aromatic carbocycles. The summed E-state index contributed by atoms with van der Waals surface area (Å²) in [7, 11) is 1.80. The van der Waals surface area contributed by atoms with Crippen LogP contribution in [0.1, 0.15) is 19.4 Å². The molecule has 0 aliphatic carbocycles. The molecule has 0 aliphatic heterocycles. The Morgan fingerprint density at radius 1 is 1.40 bits per heavy atom. The van der Waals surface area contributed by atoms with Crippen molar-refractivity contribution in [3.63, 3.8) is 0 Å². The number of rotatable bonds is 6. The molecule has 1 rings (SSSR count). The van der Waals surface area contributed by atoms with Crippen molar-refractivity contribution in [1.29, 1.82) is 0 Å². The smallest absolute Gasteiger partial charge is 0.241 e. The van der Waals surface area contributed by atoms with Crippen LogP contribution in [0.15, 0.2) is 24.3 Å². The van der Waals surface area contributed by atoms with Gasteiger partial charge in [0.15, 0.2) is 0 Å². The van der Waals surface area contributed by atoms with Gasteiger partial charge in [0.2, 0.25) is 5.91 Å². The molecule has 5 nitrogen and oxygen atoms in total. The summed E-state index contributed by atoms with van der Waals surface area (Å²) in [6, 6.07) is 6.71. The summed E-state index contributed by atoms with van der Waals surface area (Å²) < 4.78 is 0. The third-order valence-corrected chi connectivity index (χ3v) is 3.27. The summed E-state index contributed by atoms with van der Waals surface area (Å²) >= 11 is 4.87. The molecule has 20 heavy (non-hydrogen) atoms. The highest BCUT2D eigenvalue weighted by Crippen LogP contribution is 2.11. The van der Waals surface area contributed by atoms with Crippen LogP contribution in [0.3, 0.4) is 0 Å². The molecule has 0 fully saturated rings. The number of carbonyl (C=O) groups excluding carboxylic acids is 1. The molecule has 0 saturated heterocycles. The first kappa shape index (κ1) is 16.6. The zero-order valence-electron chi connectivity index (χ0n) is 12.0. The van der Waals surface area contributed by atoms with Gasteiger partial charge in [0.1, 0.15) is 4.99 Å². The number of nitrogens with zero attached hydrogens (tertiary/aromatic N) is 1. The van der Waals surface area contributed by atoms with E-state index >= 15 is 0 Å². The highest BCUT2D eigenvalue weighted by molar-refractivity contribution is 7.80. The second-order valence-electron chi connectivity index (χ2n) is 4.90. The summed E-state index contributed by atoms with van der Waals surface area (Å²) in [5.74, 6) is -0.128. The lowest BCUT2D eigenvalue weighted by Crippen LogP contribution is -2.42. The van der Waals surface area contributed by atoms with Crippen LogP contribution in [0, 0.1) is 0 Å². The van der Waals surface area contributed by atoms with E-state index in [1.807, 2.05) is 0 Å². The minimum Gasteiger partial charge on any atom is -0.392 e. The van der Waals surface area contributed by atoms with Crippen LogP contribution < -0.4 is 11.1 Å². The largest absolute Gasteiger partial charge is 0.392 e. The van der Waals surface area contributed by atoms with E-state index in [0.29, 0.717) is 17.2 Å². The number of carbonyl (C=O) groups is 1. The first-order valence-corrected chi connectivity index (χ1v) is 6.81. The maximum absolute atomic E-state index is 12.1. The Morgan fingerprint density at radius 3 is 2.40 bits per heavy atom. The topological polar surface area (TPSA) is 78.6 Å². The Balaban J connectivity index is 2.63. The summed E-state index contributed by atoms with van der Waals surface area (Å²) in [5.41, 5.74) is 6.96. The van der Waals surface area contributed by atoms with E-state index in [1.165, 1.54) is 0 Å². The average Bonchev–Trinajstić information content (AvgIpc) is 2.37. The van der Waals surface area contributed by atoms with E-state index in [9.17, 15) is 9.90 Å². The average molecular weight is 295 g/mol. The number of aliphatic hydroxyl groups is 1. The molecule has 1 aromatic rings. The molecule has 110 valence electrons. The number of nitrogens with one attached hydrogen (secondary N) is 1. The van der Waals surface area contributed by atoms with E-state index in [-0.39, 0.29) is 11.9 Å². The molecule has 0 saturated carbocycles. The van der Waals surface area contributed by atoms with Crippen molar-refractivity contribution in [2.75, 3.05) is 18.9 Å². The van der Waals surface area contributed by atoms with Gasteiger partial charge in [0.25, 0.3) is 0 Å². The standard InChI is InChI=1S/C14H21N3O2S/c1-9(18)8-17(3)10(2)14(19)16-12-6-4-11(5-7-12)13(15)20/h4-7,9-10,18H,8H2,1-3H3,(H2,15,20)(H,16,19). The van der Waals surface area contributed by atoms with Crippen molar-refractivity contribution in [2.24, 2.45) is 5.73 Å². The minimum atomic E-state index is -0.472. The molecule has 4 N–H and O–H groups in total. The Bertz CT molecular complexity index is 474. The van der Waals surface area contributed by atoms with E-state index in [4.69, 9.17) is 18.0 Å². The number of benzene rings is 1. The molecule has 6 heteroatoms. The van der Waals surface area contributed by atoms with E-state index in [0.717, 1.165) is 5.56 Å². The van der Waals surface area contributed by atoms with Gasteiger partial charge in [-0.2, -0.15) is 0 Å². The predicted molar refractivity (Wildman–Crippen MR) is 84.7 cm³/mol. The van der Waals surface area contributed by atoms with Crippen molar-refractivity contribution >= 4 is 28.8 Å². The third-order valence-electron chi connectivity index (χ3n) is 3.03. The van der Waals surface area contributed by atoms with Gasteiger partial charge in [-0.15, -0.1) is 0 Å². The molecule has 0 aliphatic rings. The van der Waals surface area contributed by atoms with Crippen molar-refractivity contribution < 1.29 is 9.90 Å². The van der Waals surface area contributed by atoms with Gasteiger partial charge in [0, 0.05) is 17.8 Å². The van der Waals surface area contributed by atoms with Crippen LogP contribution in [0.25, 0.3) is 0 Å². The number of nitrogens with two attached hydrogens (primary N) is 1. The fourth-order valence-electron chi connectivity index (χ4n) is 1.74. The van der Waals surface area contributed by atoms with Gasteiger partial charge in [-0.05, 0) is 45.2 Å². The van der Waals surface area contributed by atoms with Crippen LogP contribution in [-0.4, -0.2) is 46.6 Å². The van der Waals surface area contributed by atoms with Gasteiger partial charge in [-0.3, -0.25) is 9.69 Å². The summed E-state index contributed by atoms with van der Waals surface area (Å²) in [6.07, 6.45) is -0.472. The number of aliphatic hydroxyl groups excluding tert-OH is 1. The monoisotopic (exact) mass is 295 g/mol. The number of hydrogen-bond acceptors (Lipinski definition) is 4. The fourth-order valence-corrected chi connectivity index (χ4v) is 1.88. The van der Waals surface area contributed by atoms with Crippen LogP contribution in [0.2, 0.25) is 0 Å². The van der Waals surface area contributed by atoms with Crippen molar-refractivity contribution in [2.45, 2.75) is 26.0 Å². The zero-order chi connectivity index (χ0) is 15.3. The normalized spacial score (nSPS) is 13.8. The first-order valence-electron chi connectivity index (χ1n) is 6.40. The predicted octanol–water partition coefficient (Wildman–Crippen LogP) is 0.960. The minimum absolute atomic E-state index is 0.128. The number of amides is 1. The van der Waals surface area contributed by atoms with Gasteiger partial charge in [0.05, 0.1) is 12.1 Å². The quantitative estimate of drug-likeness (QED) is 0.681. The number of hydrogen-bond donors (Lipinski definition) is 3. The molecule has 0 heterocycles. The second-order valence-corrected chi connectivity index (χ2v) is 5.34.